The van der Waals surface area contributed by atoms with Gasteiger partial charge in [-0.3, -0.25) is 0 Å². The van der Waals surface area contributed by atoms with Gasteiger partial charge in [0.2, 0.25) is 0 Å². The van der Waals surface area contributed by atoms with Gasteiger partial charge in [-0.2, -0.15) is 0 Å². The Balaban J connectivity index is 2.14. The van der Waals surface area contributed by atoms with Crippen molar-refractivity contribution in [2.45, 2.75) is 32.2 Å². The summed E-state index contributed by atoms with van der Waals surface area (Å²) >= 11 is 15.4. The molecule has 96 valence electrons. The van der Waals surface area contributed by atoms with Crippen LogP contribution in [-0.4, -0.2) is 11.9 Å². The van der Waals surface area contributed by atoms with Crippen LogP contribution >= 0.6 is 39.1 Å². The third kappa shape index (κ3) is 6.66. The maximum atomic E-state index is 6.08. The highest BCUT2D eigenvalue weighted by Crippen LogP contribution is 2.20. The highest BCUT2D eigenvalue weighted by atomic mass is 79.9. The van der Waals surface area contributed by atoms with E-state index < -0.39 is 0 Å². The summed E-state index contributed by atoms with van der Waals surface area (Å²) in [7, 11) is 0. The first kappa shape index (κ1) is 15.3. The fourth-order valence-electron chi connectivity index (χ4n) is 1.59. The van der Waals surface area contributed by atoms with Gasteiger partial charge >= 0.3 is 0 Å². The van der Waals surface area contributed by atoms with Crippen molar-refractivity contribution in [1.82, 2.24) is 5.32 Å². The Morgan fingerprint density at radius 3 is 2.53 bits per heavy atom. The molecule has 0 bridgehead atoms. The summed E-state index contributed by atoms with van der Waals surface area (Å²) in [5, 5.41) is 5.94. The lowest BCUT2D eigenvalue weighted by Gasteiger charge is -2.07. The molecule has 0 unspecified atom stereocenters. The van der Waals surface area contributed by atoms with Gasteiger partial charge in [-0.1, -0.05) is 58.0 Å². The molecule has 0 aliphatic rings. The van der Waals surface area contributed by atoms with Crippen molar-refractivity contribution in [3.05, 3.63) is 33.8 Å². The molecule has 0 atom stereocenters. The first-order valence-corrected chi connectivity index (χ1v) is 7.82. The van der Waals surface area contributed by atoms with E-state index in [0.717, 1.165) is 29.0 Å². The van der Waals surface area contributed by atoms with Crippen molar-refractivity contribution in [2.24, 2.45) is 0 Å². The largest absolute Gasteiger partial charge is 0.313 e. The predicted molar refractivity (Wildman–Crippen MR) is 80.4 cm³/mol. The molecule has 4 heteroatoms. The number of halogens is 3. The number of rotatable bonds is 8. The van der Waals surface area contributed by atoms with Gasteiger partial charge in [0.15, 0.2) is 0 Å². The van der Waals surface area contributed by atoms with Gasteiger partial charge in [0.1, 0.15) is 0 Å². The summed E-state index contributed by atoms with van der Waals surface area (Å²) < 4.78 is 0. The van der Waals surface area contributed by atoms with E-state index in [1.807, 2.05) is 12.1 Å². The molecule has 1 aromatic rings. The predicted octanol–water partition coefficient (Wildman–Crippen LogP) is 5.04. The lowest BCUT2D eigenvalue weighted by Crippen LogP contribution is -2.14. The Hall–Kier alpha value is 0.240. The second kappa shape index (κ2) is 9.21. The minimum absolute atomic E-state index is 0.688. The molecule has 1 nitrogen and oxygen atoms in total. The molecule has 17 heavy (non-hydrogen) atoms. The number of nitrogens with one attached hydrogen (secondary N) is 1. The molecular formula is C13H18BrCl2N. The normalized spacial score (nSPS) is 10.8. The van der Waals surface area contributed by atoms with Crippen molar-refractivity contribution in [1.29, 1.82) is 0 Å². The fourth-order valence-corrected chi connectivity index (χ4v) is 2.46. The molecule has 1 rings (SSSR count). The first-order valence-electron chi connectivity index (χ1n) is 5.94. The number of alkyl halides is 1. The Bertz CT molecular complexity index is 331. The molecule has 0 aromatic heterocycles. The van der Waals surface area contributed by atoms with Crippen molar-refractivity contribution < 1.29 is 0 Å². The van der Waals surface area contributed by atoms with Crippen LogP contribution in [0.4, 0.5) is 0 Å². The average molecular weight is 339 g/mol. The van der Waals surface area contributed by atoms with Crippen molar-refractivity contribution in [3.63, 3.8) is 0 Å². The van der Waals surface area contributed by atoms with Gasteiger partial charge in [0.05, 0.1) is 0 Å². The van der Waals surface area contributed by atoms with Crippen LogP contribution in [0.3, 0.4) is 0 Å². The van der Waals surface area contributed by atoms with Crippen molar-refractivity contribution in [2.75, 3.05) is 11.9 Å². The summed E-state index contributed by atoms with van der Waals surface area (Å²) in [5.74, 6) is 0. The molecule has 0 aliphatic heterocycles. The highest BCUT2D eigenvalue weighted by Gasteiger charge is 2.00. The molecule has 0 heterocycles. The third-order valence-corrected chi connectivity index (χ3v) is 3.72. The van der Waals surface area contributed by atoms with E-state index in [-0.39, 0.29) is 0 Å². The Kier molecular flexibility index (Phi) is 8.29. The van der Waals surface area contributed by atoms with Gasteiger partial charge < -0.3 is 5.32 Å². The zero-order valence-electron chi connectivity index (χ0n) is 9.82. The molecule has 0 spiro atoms. The van der Waals surface area contributed by atoms with E-state index >= 15 is 0 Å². The minimum Gasteiger partial charge on any atom is -0.313 e. The molecule has 0 saturated heterocycles. The van der Waals surface area contributed by atoms with Crippen LogP contribution in [0.25, 0.3) is 0 Å². The summed E-state index contributed by atoms with van der Waals surface area (Å²) in [6, 6.07) is 5.64. The van der Waals surface area contributed by atoms with Crippen LogP contribution < -0.4 is 5.32 Å². The fraction of sp³-hybridized carbons (Fsp3) is 0.538. The third-order valence-electron chi connectivity index (χ3n) is 2.57. The van der Waals surface area contributed by atoms with Crippen molar-refractivity contribution in [3.8, 4) is 0 Å². The second-order valence-electron chi connectivity index (χ2n) is 4.02. The molecular weight excluding hydrogens is 321 g/mol. The second-order valence-corrected chi connectivity index (χ2v) is 5.65. The van der Waals surface area contributed by atoms with E-state index in [4.69, 9.17) is 23.2 Å². The van der Waals surface area contributed by atoms with E-state index in [2.05, 4.69) is 21.2 Å². The molecule has 1 aromatic carbocycles. The molecule has 0 saturated carbocycles. The van der Waals surface area contributed by atoms with Gasteiger partial charge in [0, 0.05) is 21.9 Å². The SMILES string of the molecule is Clc1ccc(CNCCCCCCBr)c(Cl)c1. The lowest BCUT2D eigenvalue weighted by molar-refractivity contribution is 0.600. The zero-order chi connectivity index (χ0) is 12.5. The number of hydrogen-bond donors (Lipinski definition) is 1. The van der Waals surface area contributed by atoms with Gasteiger partial charge in [-0.25, -0.2) is 0 Å². The van der Waals surface area contributed by atoms with E-state index in [9.17, 15) is 0 Å². The van der Waals surface area contributed by atoms with Gasteiger partial charge in [0.25, 0.3) is 0 Å². The molecule has 1 N–H and O–H groups in total. The summed E-state index contributed by atoms with van der Waals surface area (Å²) in [6.07, 6.45) is 5.07. The van der Waals surface area contributed by atoms with Crippen LogP contribution in [0.2, 0.25) is 10.0 Å². The van der Waals surface area contributed by atoms with Crippen LogP contribution in [-0.2, 0) is 6.54 Å². The Morgan fingerprint density at radius 1 is 1.06 bits per heavy atom. The van der Waals surface area contributed by atoms with Crippen LogP contribution in [0.15, 0.2) is 18.2 Å². The molecule has 0 aliphatic carbocycles. The van der Waals surface area contributed by atoms with Gasteiger partial charge in [-0.15, -0.1) is 0 Å². The van der Waals surface area contributed by atoms with Crippen LogP contribution in [0.1, 0.15) is 31.2 Å². The van der Waals surface area contributed by atoms with Crippen LogP contribution in [0.5, 0.6) is 0 Å². The molecule has 0 fully saturated rings. The molecule has 0 radical (unpaired) electrons. The molecule has 0 amide bonds. The maximum Gasteiger partial charge on any atom is 0.0465 e. The van der Waals surface area contributed by atoms with E-state index in [1.165, 1.54) is 25.7 Å². The quantitative estimate of drug-likeness (QED) is 0.517. The number of hydrogen-bond acceptors (Lipinski definition) is 1. The zero-order valence-corrected chi connectivity index (χ0v) is 12.9. The Labute approximate surface area is 122 Å². The monoisotopic (exact) mass is 337 g/mol. The topological polar surface area (TPSA) is 12.0 Å². The summed E-state index contributed by atoms with van der Waals surface area (Å²) in [4.78, 5) is 0. The summed E-state index contributed by atoms with van der Waals surface area (Å²) in [6.45, 7) is 1.86. The van der Waals surface area contributed by atoms with E-state index in [1.54, 1.807) is 6.07 Å². The van der Waals surface area contributed by atoms with Crippen molar-refractivity contribution >= 4 is 39.1 Å². The maximum absolute atomic E-state index is 6.08. The van der Waals surface area contributed by atoms with Gasteiger partial charge in [-0.05, 0) is 37.1 Å². The smallest absolute Gasteiger partial charge is 0.0465 e. The Morgan fingerprint density at radius 2 is 1.82 bits per heavy atom. The number of benzene rings is 1. The standard InChI is InChI=1S/C13H18BrCl2N/c14-7-3-1-2-4-8-17-10-11-5-6-12(15)9-13(11)16/h5-6,9,17H,1-4,7-8,10H2. The average Bonchev–Trinajstić information content (AvgIpc) is 2.30. The number of unbranched alkanes of at least 4 members (excludes halogenated alkanes) is 3. The lowest BCUT2D eigenvalue weighted by atomic mass is 10.2. The summed E-state index contributed by atoms with van der Waals surface area (Å²) in [5.41, 5.74) is 1.11. The van der Waals surface area contributed by atoms with E-state index in [0.29, 0.717) is 5.02 Å². The highest BCUT2D eigenvalue weighted by molar-refractivity contribution is 9.09. The first-order chi connectivity index (χ1) is 8.24. The minimum atomic E-state index is 0.688. The van der Waals surface area contributed by atoms with Crippen LogP contribution in [0, 0.1) is 0 Å².